The molecule has 1 amide bonds. The Kier molecular flexibility index (Phi) is 4.64. The number of carbonyl (C=O) groups excluding carboxylic acids is 1. The van der Waals surface area contributed by atoms with Crippen molar-refractivity contribution in [3.8, 4) is 0 Å². The second kappa shape index (κ2) is 6.50. The fourth-order valence-corrected chi connectivity index (χ4v) is 4.30. The molecule has 0 unspecified atom stereocenters. The van der Waals surface area contributed by atoms with Crippen LogP contribution in [0.3, 0.4) is 0 Å². The molecule has 1 aliphatic rings. The van der Waals surface area contributed by atoms with Crippen molar-refractivity contribution >= 4 is 33.2 Å². The Morgan fingerprint density at radius 3 is 2.64 bits per heavy atom. The van der Waals surface area contributed by atoms with Crippen LogP contribution >= 0.6 is 27.3 Å². The number of halogens is 1. The lowest BCUT2D eigenvalue weighted by molar-refractivity contribution is 0.0713. The average molecular weight is 379 g/mol. The van der Waals surface area contributed by atoms with E-state index in [9.17, 15) is 4.79 Å². The summed E-state index contributed by atoms with van der Waals surface area (Å²) in [6.07, 6.45) is 2.01. The fourth-order valence-electron chi connectivity index (χ4n) is 2.81. The summed E-state index contributed by atoms with van der Waals surface area (Å²) in [4.78, 5) is 20.5. The summed E-state index contributed by atoms with van der Waals surface area (Å²) in [5.74, 6) is 0.634. The lowest BCUT2D eigenvalue weighted by Crippen LogP contribution is -2.37. The van der Waals surface area contributed by atoms with Crippen LogP contribution in [-0.4, -0.2) is 28.9 Å². The molecule has 1 saturated heterocycles. The van der Waals surface area contributed by atoms with Gasteiger partial charge in [0.1, 0.15) is 0 Å². The minimum atomic E-state index is 0.131. The Balaban J connectivity index is 1.65. The molecule has 116 valence electrons. The molecule has 0 aliphatic carbocycles. The normalized spacial score (nSPS) is 16.0. The van der Waals surface area contributed by atoms with Gasteiger partial charge in [0.05, 0.1) is 10.7 Å². The van der Waals surface area contributed by atoms with Gasteiger partial charge in [0.2, 0.25) is 0 Å². The van der Waals surface area contributed by atoms with Gasteiger partial charge in [-0.2, -0.15) is 0 Å². The van der Waals surface area contributed by atoms with Gasteiger partial charge >= 0.3 is 0 Å². The number of hydrogen-bond acceptors (Lipinski definition) is 3. The summed E-state index contributed by atoms with van der Waals surface area (Å²) in [7, 11) is 0. The maximum absolute atomic E-state index is 12.5. The number of nitrogens with zero attached hydrogens (tertiary/aromatic N) is 2. The molecule has 0 saturated carbocycles. The van der Waals surface area contributed by atoms with Gasteiger partial charge in [-0.05, 0) is 44.9 Å². The smallest absolute Gasteiger partial charge is 0.253 e. The third-order valence-corrected chi connectivity index (χ3v) is 5.98. The summed E-state index contributed by atoms with van der Waals surface area (Å²) < 4.78 is 0.946. The topological polar surface area (TPSA) is 33.2 Å². The SMILES string of the molecule is Cc1nc(C2CCN(C(=O)c3cccc(Br)c3)CC2)sc1C. The van der Waals surface area contributed by atoms with Crippen LogP contribution in [0.25, 0.3) is 0 Å². The first-order valence-corrected chi connectivity index (χ1v) is 9.14. The van der Waals surface area contributed by atoms with Crippen molar-refractivity contribution in [2.75, 3.05) is 13.1 Å². The molecule has 0 spiro atoms. The molecule has 5 heteroatoms. The van der Waals surface area contributed by atoms with Crippen LogP contribution in [0.5, 0.6) is 0 Å². The van der Waals surface area contributed by atoms with E-state index >= 15 is 0 Å². The number of benzene rings is 1. The Morgan fingerprint density at radius 1 is 1.32 bits per heavy atom. The third kappa shape index (κ3) is 3.25. The average Bonchev–Trinajstić information content (AvgIpc) is 2.86. The van der Waals surface area contributed by atoms with Crippen LogP contribution in [0.2, 0.25) is 0 Å². The monoisotopic (exact) mass is 378 g/mol. The molecule has 0 bridgehead atoms. The molecule has 0 N–H and O–H groups in total. The highest BCUT2D eigenvalue weighted by molar-refractivity contribution is 9.10. The Morgan fingerprint density at radius 2 is 2.05 bits per heavy atom. The standard InChI is InChI=1S/C17H19BrN2OS/c1-11-12(2)22-16(19-11)13-6-8-20(9-7-13)17(21)14-4-3-5-15(18)10-14/h3-5,10,13H,6-9H2,1-2H3. The van der Waals surface area contributed by atoms with Gasteiger partial charge in [0.15, 0.2) is 0 Å². The molecule has 22 heavy (non-hydrogen) atoms. The fraction of sp³-hybridized carbons (Fsp3) is 0.412. The molecule has 1 aromatic heterocycles. The Bertz CT molecular complexity index is 670. The summed E-state index contributed by atoms with van der Waals surface area (Å²) in [5, 5.41) is 1.24. The minimum absolute atomic E-state index is 0.131. The van der Waals surface area contributed by atoms with Gasteiger partial charge in [-0.15, -0.1) is 11.3 Å². The lowest BCUT2D eigenvalue weighted by Gasteiger charge is -2.31. The number of thiazole rings is 1. The highest BCUT2D eigenvalue weighted by atomic mass is 79.9. The summed E-state index contributed by atoms with van der Waals surface area (Å²) in [6.45, 7) is 5.82. The van der Waals surface area contributed by atoms with Crippen LogP contribution in [0.15, 0.2) is 28.7 Å². The molecular formula is C17H19BrN2OS. The van der Waals surface area contributed by atoms with Gasteiger partial charge in [0, 0.05) is 33.9 Å². The highest BCUT2D eigenvalue weighted by Crippen LogP contribution is 2.32. The molecule has 0 atom stereocenters. The van der Waals surface area contributed by atoms with E-state index in [0.717, 1.165) is 41.7 Å². The number of aryl methyl sites for hydroxylation is 2. The number of carbonyl (C=O) groups is 1. The van der Waals surface area contributed by atoms with E-state index in [-0.39, 0.29) is 5.91 Å². The van der Waals surface area contributed by atoms with E-state index in [0.29, 0.717) is 5.92 Å². The number of rotatable bonds is 2. The van der Waals surface area contributed by atoms with Gasteiger partial charge in [-0.25, -0.2) is 4.98 Å². The predicted molar refractivity (Wildman–Crippen MR) is 93.6 cm³/mol. The number of piperidine rings is 1. The lowest BCUT2D eigenvalue weighted by atomic mass is 9.97. The first-order valence-electron chi connectivity index (χ1n) is 7.53. The van der Waals surface area contributed by atoms with Crippen LogP contribution < -0.4 is 0 Å². The van der Waals surface area contributed by atoms with Crippen LogP contribution in [0.4, 0.5) is 0 Å². The zero-order valence-electron chi connectivity index (χ0n) is 12.8. The second-order valence-corrected chi connectivity index (χ2v) is 7.92. The van der Waals surface area contributed by atoms with E-state index in [4.69, 9.17) is 0 Å². The largest absolute Gasteiger partial charge is 0.339 e. The van der Waals surface area contributed by atoms with Crippen molar-refractivity contribution in [1.82, 2.24) is 9.88 Å². The molecule has 3 nitrogen and oxygen atoms in total. The van der Waals surface area contributed by atoms with Crippen molar-refractivity contribution in [3.63, 3.8) is 0 Å². The van der Waals surface area contributed by atoms with E-state index in [2.05, 4.69) is 34.8 Å². The molecular weight excluding hydrogens is 360 g/mol. The molecule has 1 aromatic carbocycles. The zero-order valence-corrected chi connectivity index (χ0v) is 15.2. The second-order valence-electron chi connectivity index (χ2n) is 5.77. The summed E-state index contributed by atoms with van der Waals surface area (Å²) >= 11 is 5.23. The van der Waals surface area contributed by atoms with Gasteiger partial charge in [0.25, 0.3) is 5.91 Å². The zero-order chi connectivity index (χ0) is 15.7. The molecule has 1 fully saturated rings. The first-order chi connectivity index (χ1) is 10.5. The van der Waals surface area contributed by atoms with E-state index in [1.54, 1.807) is 0 Å². The minimum Gasteiger partial charge on any atom is -0.339 e. The van der Waals surface area contributed by atoms with Gasteiger partial charge < -0.3 is 4.90 Å². The number of likely N-dealkylation sites (tertiary alicyclic amines) is 1. The number of aromatic nitrogens is 1. The van der Waals surface area contributed by atoms with Gasteiger partial charge in [-0.1, -0.05) is 22.0 Å². The first kappa shape index (κ1) is 15.7. The number of hydrogen-bond donors (Lipinski definition) is 0. The van der Waals surface area contributed by atoms with E-state index in [1.807, 2.05) is 40.5 Å². The van der Waals surface area contributed by atoms with E-state index in [1.165, 1.54) is 9.88 Å². The van der Waals surface area contributed by atoms with Crippen LogP contribution in [0.1, 0.15) is 44.7 Å². The van der Waals surface area contributed by atoms with Crippen molar-refractivity contribution in [1.29, 1.82) is 0 Å². The third-order valence-electron chi connectivity index (χ3n) is 4.25. The maximum Gasteiger partial charge on any atom is 0.253 e. The van der Waals surface area contributed by atoms with Crippen LogP contribution in [-0.2, 0) is 0 Å². The highest BCUT2D eigenvalue weighted by Gasteiger charge is 2.26. The van der Waals surface area contributed by atoms with Crippen molar-refractivity contribution in [3.05, 3.63) is 49.9 Å². The van der Waals surface area contributed by atoms with Crippen molar-refractivity contribution in [2.45, 2.75) is 32.6 Å². The summed E-state index contributed by atoms with van der Waals surface area (Å²) in [5.41, 5.74) is 1.90. The Hall–Kier alpha value is -1.20. The quantitative estimate of drug-likeness (QED) is 0.768. The molecule has 2 heterocycles. The van der Waals surface area contributed by atoms with E-state index < -0.39 is 0 Å². The predicted octanol–water partition coefficient (Wildman–Crippen LogP) is 4.54. The maximum atomic E-state index is 12.5. The number of amides is 1. The molecule has 0 radical (unpaired) electrons. The molecule has 1 aliphatic heterocycles. The Labute approximate surface area is 143 Å². The van der Waals surface area contributed by atoms with Gasteiger partial charge in [-0.3, -0.25) is 4.79 Å². The van der Waals surface area contributed by atoms with Crippen molar-refractivity contribution in [2.24, 2.45) is 0 Å². The summed E-state index contributed by atoms with van der Waals surface area (Å²) in [6, 6.07) is 7.62. The van der Waals surface area contributed by atoms with Crippen molar-refractivity contribution < 1.29 is 4.79 Å². The molecule has 3 rings (SSSR count). The molecule has 2 aromatic rings. The van der Waals surface area contributed by atoms with Crippen LogP contribution in [0, 0.1) is 13.8 Å².